The number of fused-ring (bicyclic) bond motifs is 1. The Morgan fingerprint density at radius 3 is 2.70 bits per heavy atom. The third-order valence-electron chi connectivity index (χ3n) is 4.07. The molecule has 9 nitrogen and oxygen atoms in total. The molecular formula is C19H21F2N5O4. The van der Waals surface area contributed by atoms with E-state index in [1.165, 1.54) is 12.3 Å². The molecule has 0 bridgehead atoms. The van der Waals surface area contributed by atoms with Crippen LogP contribution < -0.4 is 30.2 Å². The first-order valence-electron chi connectivity index (χ1n) is 9.07. The quantitative estimate of drug-likeness (QED) is 0.337. The maximum atomic E-state index is 12.7. The van der Waals surface area contributed by atoms with Crippen LogP contribution in [0.3, 0.4) is 0 Å². The molecule has 0 fully saturated rings. The van der Waals surface area contributed by atoms with Gasteiger partial charge in [0, 0.05) is 50.7 Å². The van der Waals surface area contributed by atoms with Crippen LogP contribution >= 0.6 is 0 Å². The molecule has 0 radical (unpaired) electrons. The van der Waals surface area contributed by atoms with Gasteiger partial charge < -0.3 is 30.2 Å². The molecule has 1 aromatic carbocycles. The van der Waals surface area contributed by atoms with Crippen LogP contribution in [0.1, 0.15) is 15.9 Å². The van der Waals surface area contributed by atoms with E-state index in [0.717, 1.165) is 0 Å². The number of nitrogens with one attached hydrogen (secondary N) is 3. The van der Waals surface area contributed by atoms with Gasteiger partial charge in [0.25, 0.3) is 5.91 Å². The van der Waals surface area contributed by atoms with Crippen molar-refractivity contribution in [1.82, 2.24) is 20.9 Å². The molecule has 3 rings (SSSR count). The highest BCUT2D eigenvalue weighted by atomic mass is 19.3. The lowest BCUT2D eigenvalue weighted by Gasteiger charge is -2.15. The smallest absolute Gasteiger partial charge is 0.387 e. The molecule has 0 spiro atoms. The Balaban J connectivity index is 1.50. The molecule has 2 aromatic rings. The number of hydrogen-bond acceptors (Lipinski definition) is 6. The van der Waals surface area contributed by atoms with Crippen molar-refractivity contribution in [2.45, 2.75) is 13.2 Å². The number of benzene rings is 1. The maximum absolute atomic E-state index is 12.7. The van der Waals surface area contributed by atoms with E-state index in [0.29, 0.717) is 41.7 Å². The van der Waals surface area contributed by atoms with E-state index in [9.17, 15) is 13.6 Å². The highest BCUT2D eigenvalue weighted by molar-refractivity contribution is 5.93. The van der Waals surface area contributed by atoms with Crippen molar-refractivity contribution in [1.29, 1.82) is 0 Å². The van der Waals surface area contributed by atoms with Gasteiger partial charge in [-0.3, -0.25) is 14.8 Å². The lowest BCUT2D eigenvalue weighted by atomic mass is 10.1. The van der Waals surface area contributed by atoms with Crippen molar-refractivity contribution < 1.29 is 27.8 Å². The molecule has 0 unspecified atom stereocenters. The zero-order chi connectivity index (χ0) is 21.3. The number of nitrogens with zero attached hydrogens (tertiary/aromatic N) is 2. The minimum Gasteiger partial charge on any atom is -0.454 e. The Morgan fingerprint density at radius 1 is 1.23 bits per heavy atom. The topological polar surface area (TPSA) is 106 Å². The second-order valence-electron chi connectivity index (χ2n) is 6.04. The summed E-state index contributed by atoms with van der Waals surface area (Å²) in [6.07, 6.45) is 3.07. The van der Waals surface area contributed by atoms with Gasteiger partial charge in [-0.15, -0.1) is 0 Å². The van der Waals surface area contributed by atoms with Gasteiger partial charge in [-0.1, -0.05) is 0 Å². The Kier molecular flexibility index (Phi) is 7.19. The zero-order valence-corrected chi connectivity index (χ0v) is 16.2. The minimum atomic E-state index is -2.97. The summed E-state index contributed by atoms with van der Waals surface area (Å²) in [7, 11) is 1.57. The predicted octanol–water partition coefficient (Wildman–Crippen LogP) is 1.51. The van der Waals surface area contributed by atoms with E-state index in [1.54, 1.807) is 31.4 Å². The van der Waals surface area contributed by atoms with Crippen molar-refractivity contribution >= 4 is 11.9 Å². The SMILES string of the molecule is CN=C(NCCNC(=O)c1cccnc1)NCc1cc2c(cc1OC(F)F)OCO2. The van der Waals surface area contributed by atoms with Gasteiger partial charge in [0.2, 0.25) is 6.79 Å². The summed E-state index contributed by atoms with van der Waals surface area (Å²) in [5, 5.41) is 8.78. The molecule has 0 atom stereocenters. The summed E-state index contributed by atoms with van der Waals surface area (Å²) in [4.78, 5) is 19.9. The number of rotatable bonds is 8. The molecule has 1 aliphatic rings. The summed E-state index contributed by atoms with van der Waals surface area (Å²) >= 11 is 0. The van der Waals surface area contributed by atoms with Crippen LogP contribution in [0.5, 0.6) is 17.2 Å². The van der Waals surface area contributed by atoms with Gasteiger partial charge in [-0.05, 0) is 18.2 Å². The van der Waals surface area contributed by atoms with Crippen molar-refractivity contribution in [2.75, 3.05) is 26.9 Å². The van der Waals surface area contributed by atoms with E-state index in [-0.39, 0.29) is 25.0 Å². The molecule has 0 saturated carbocycles. The van der Waals surface area contributed by atoms with Crippen molar-refractivity contribution in [3.8, 4) is 17.2 Å². The van der Waals surface area contributed by atoms with Crippen LogP contribution in [0, 0.1) is 0 Å². The number of carbonyl (C=O) groups excluding carboxylic acids is 1. The molecule has 0 saturated heterocycles. The number of aliphatic imine (C=N–C) groups is 1. The molecule has 1 aliphatic heterocycles. The first-order chi connectivity index (χ1) is 14.6. The molecule has 11 heteroatoms. The van der Waals surface area contributed by atoms with Gasteiger partial charge in [0.15, 0.2) is 17.5 Å². The third-order valence-corrected chi connectivity index (χ3v) is 4.07. The van der Waals surface area contributed by atoms with Crippen LogP contribution in [0.2, 0.25) is 0 Å². The van der Waals surface area contributed by atoms with Gasteiger partial charge in [-0.25, -0.2) is 0 Å². The van der Waals surface area contributed by atoms with Crippen molar-refractivity contribution in [3.05, 3.63) is 47.8 Å². The lowest BCUT2D eigenvalue weighted by molar-refractivity contribution is -0.0505. The Bertz CT molecular complexity index is 896. The highest BCUT2D eigenvalue weighted by Crippen LogP contribution is 2.38. The molecule has 1 amide bonds. The normalized spacial score (nSPS) is 12.6. The maximum Gasteiger partial charge on any atom is 0.387 e. The van der Waals surface area contributed by atoms with E-state index in [4.69, 9.17) is 9.47 Å². The second-order valence-corrected chi connectivity index (χ2v) is 6.04. The molecular weight excluding hydrogens is 400 g/mol. The number of aromatic nitrogens is 1. The first kappa shape index (κ1) is 21.1. The zero-order valence-electron chi connectivity index (χ0n) is 16.2. The third kappa shape index (κ3) is 5.69. The molecule has 30 heavy (non-hydrogen) atoms. The summed E-state index contributed by atoms with van der Waals surface area (Å²) in [6.45, 7) is -2.05. The molecule has 160 valence electrons. The lowest BCUT2D eigenvalue weighted by Crippen LogP contribution is -2.41. The molecule has 0 aliphatic carbocycles. The van der Waals surface area contributed by atoms with Gasteiger partial charge >= 0.3 is 6.61 Å². The van der Waals surface area contributed by atoms with Gasteiger partial charge in [0.05, 0.1) is 5.56 Å². The number of alkyl halides is 2. The molecule has 2 heterocycles. The summed E-state index contributed by atoms with van der Waals surface area (Å²) in [6, 6.07) is 6.30. The Morgan fingerprint density at radius 2 is 2.00 bits per heavy atom. The fourth-order valence-electron chi connectivity index (χ4n) is 2.66. The summed E-state index contributed by atoms with van der Waals surface area (Å²) < 4.78 is 40.5. The Labute approximate surface area is 171 Å². The molecule has 1 aromatic heterocycles. The van der Waals surface area contributed by atoms with E-state index >= 15 is 0 Å². The molecule has 3 N–H and O–H groups in total. The minimum absolute atomic E-state index is 0.0130. The van der Waals surface area contributed by atoms with Gasteiger partial charge in [0.1, 0.15) is 5.75 Å². The number of pyridine rings is 1. The monoisotopic (exact) mass is 421 g/mol. The predicted molar refractivity (Wildman–Crippen MR) is 104 cm³/mol. The fraction of sp³-hybridized carbons (Fsp3) is 0.316. The van der Waals surface area contributed by atoms with E-state index in [2.05, 4.69) is 30.7 Å². The van der Waals surface area contributed by atoms with E-state index in [1.807, 2.05) is 0 Å². The standard InChI is InChI=1S/C19H21F2N5O4/c1-22-19(25-6-5-24-17(27)12-3-2-4-23-9-12)26-10-13-7-15-16(29-11-28-15)8-14(13)30-18(20)21/h2-4,7-9,18H,5-6,10-11H2,1H3,(H,24,27)(H2,22,25,26). The second kappa shape index (κ2) is 10.2. The number of amides is 1. The van der Waals surface area contributed by atoms with Crippen LogP contribution in [-0.2, 0) is 6.54 Å². The Hall–Kier alpha value is -3.63. The van der Waals surface area contributed by atoms with Crippen molar-refractivity contribution in [2.24, 2.45) is 4.99 Å². The first-order valence-corrected chi connectivity index (χ1v) is 9.07. The average molecular weight is 421 g/mol. The van der Waals surface area contributed by atoms with Crippen LogP contribution in [0.15, 0.2) is 41.7 Å². The number of guanidine groups is 1. The van der Waals surface area contributed by atoms with Crippen LogP contribution in [0.4, 0.5) is 8.78 Å². The largest absolute Gasteiger partial charge is 0.454 e. The van der Waals surface area contributed by atoms with E-state index < -0.39 is 6.61 Å². The van der Waals surface area contributed by atoms with Crippen molar-refractivity contribution in [3.63, 3.8) is 0 Å². The van der Waals surface area contributed by atoms with Gasteiger partial charge in [-0.2, -0.15) is 8.78 Å². The number of halogens is 2. The number of hydrogen-bond donors (Lipinski definition) is 3. The average Bonchev–Trinajstić information content (AvgIpc) is 3.20. The highest BCUT2D eigenvalue weighted by Gasteiger charge is 2.20. The summed E-state index contributed by atoms with van der Waals surface area (Å²) in [5.41, 5.74) is 0.918. The number of ether oxygens (including phenoxy) is 3. The number of carbonyl (C=O) groups is 1. The fourth-order valence-corrected chi connectivity index (χ4v) is 2.66. The van der Waals surface area contributed by atoms with Crippen LogP contribution in [-0.4, -0.2) is 50.4 Å². The van der Waals surface area contributed by atoms with Crippen LogP contribution in [0.25, 0.3) is 0 Å². The summed E-state index contributed by atoms with van der Waals surface area (Å²) in [5.74, 6) is 0.977.